The third-order valence-corrected chi connectivity index (χ3v) is 5.25. The zero-order valence-corrected chi connectivity index (χ0v) is 14.3. The van der Waals surface area contributed by atoms with E-state index in [0.29, 0.717) is 19.0 Å². The van der Waals surface area contributed by atoms with Crippen LogP contribution < -0.4 is 0 Å². The van der Waals surface area contributed by atoms with E-state index in [4.69, 9.17) is 13.6 Å². The minimum Gasteiger partial charge on any atom is -0.403 e. The Morgan fingerprint density at radius 2 is 2.05 bits per heavy atom. The molecule has 1 aliphatic rings. The Morgan fingerprint density at radius 1 is 1.35 bits per heavy atom. The highest BCUT2D eigenvalue weighted by atomic mass is 32.2. The number of hydrogen-bond donors (Lipinski definition) is 0. The predicted octanol–water partition coefficient (Wildman–Crippen LogP) is 5.28. The number of thioether (sulfide) groups is 1. The topological polar surface area (TPSA) is 44.8 Å². The Balaban J connectivity index is 2.81. The molecule has 4 nitrogen and oxygen atoms in total. The Bertz CT molecular complexity index is 383. The molecule has 0 unspecified atom stereocenters. The van der Waals surface area contributed by atoms with Crippen LogP contribution in [0.2, 0.25) is 0 Å². The molecule has 0 heterocycles. The highest BCUT2D eigenvalue weighted by Crippen LogP contribution is 2.53. The van der Waals surface area contributed by atoms with Crippen LogP contribution in [0.1, 0.15) is 46.5 Å². The van der Waals surface area contributed by atoms with Crippen molar-refractivity contribution in [3.05, 3.63) is 22.8 Å². The molecule has 0 fully saturated rings. The minimum absolute atomic E-state index is 0.297. The maximum atomic E-state index is 12.5. The van der Waals surface area contributed by atoms with Crippen molar-refractivity contribution in [1.29, 1.82) is 0 Å². The first-order chi connectivity index (χ1) is 9.65. The second kappa shape index (κ2) is 9.67. The Labute approximate surface area is 126 Å². The first kappa shape index (κ1) is 17.8. The van der Waals surface area contributed by atoms with E-state index in [9.17, 15) is 4.57 Å². The molecule has 20 heavy (non-hydrogen) atoms. The first-order valence-electron chi connectivity index (χ1n) is 7.25. The molecule has 0 bridgehead atoms. The van der Waals surface area contributed by atoms with Gasteiger partial charge in [0.1, 0.15) is 5.76 Å². The number of rotatable bonds is 10. The average Bonchev–Trinajstić information content (AvgIpc) is 2.92. The maximum absolute atomic E-state index is 12.5. The van der Waals surface area contributed by atoms with Gasteiger partial charge in [-0.15, -0.1) is 11.8 Å². The zero-order chi connectivity index (χ0) is 14.8. The lowest BCUT2D eigenvalue weighted by Gasteiger charge is -2.19. The molecule has 0 aromatic rings. The van der Waals surface area contributed by atoms with Gasteiger partial charge in [-0.1, -0.05) is 13.0 Å². The highest BCUT2D eigenvalue weighted by molar-refractivity contribution is 8.02. The van der Waals surface area contributed by atoms with Crippen molar-refractivity contribution in [2.24, 2.45) is 0 Å². The van der Waals surface area contributed by atoms with Crippen LogP contribution in [0.3, 0.4) is 0 Å². The van der Waals surface area contributed by atoms with E-state index in [-0.39, 0.29) is 0 Å². The molecule has 0 aromatic heterocycles. The molecule has 116 valence electrons. The molecule has 0 N–H and O–H groups in total. The molecule has 0 saturated carbocycles. The molecule has 1 aliphatic carbocycles. The zero-order valence-electron chi connectivity index (χ0n) is 12.6. The minimum atomic E-state index is -3.50. The molecule has 0 radical (unpaired) electrons. The van der Waals surface area contributed by atoms with E-state index < -0.39 is 7.82 Å². The fourth-order valence-corrected chi connectivity index (χ4v) is 3.83. The van der Waals surface area contributed by atoms with Crippen LogP contribution in [0.5, 0.6) is 0 Å². The van der Waals surface area contributed by atoms with Gasteiger partial charge in [0.2, 0.25) is 0 Å². The smallest absolute Gasteiger partial charge is 0.403 e. The lowest BCUT2D eigenvalue weighted by molar-refractivity contribution is 0.147. The van der Waals surface area contributed by atoms with Gasteiger partial charge in [0, 0.05) is 5.41 Å². The van der Waals surface area contributed by atoms with Crippen molar-refractivity contribution in [2.75, 3.05) is 19.0 Å². The van der Waals surface area contributed by atoms with Gasteiger partial charge in [0.05, 0.1) is 13.2 Å². The van der Waals surface area contributed by atoms with Crippen LogP contribution in [0, 0.1) is 0 Å². The molecule has 6 heteroatoms. The molecule has 1 rings (SSSR count). The highest BCUT2D eigenvalue weighted by Gasteiger charge is 2.29. The lowest BCUT2D eigenvalue weighted by atomic mass is 10.2. The lowest BCUT2D eigenvalue weighted by Crippen LogP contribution is -2.01. The van der Waals surface area contributed by atoms with Crippen molar-refractivity contribution < 1.29 is 18.1 Å². The van der Waals surface area contributed by atoms with E-state index in [0.717, 1.165) is 37.0 Å². The van der Waals surface area contributed by atoms with Crippen LogP contribution in [0.25, 0.3) is 0 Å². The Morgan fingerprint density at radius 3 is 2.55 bits per heavy atom. The van der Waals surface area contributed by atoms with E-state index in [1.165, 1.54) is 0 Å². The third kappa shape index (κ3) is 6.04. The van der Waals surface area contributed by atoms with E-state index in [2.05, 4.69) is 13.0 Å². The summed E-state index contributed by atoms with van der Waals surface area (Å²) >= 11 is 1.66. The molecule has 0 aliphatic heterocycles. The summed E-state index contributed by atoms with van der Waals surface area (Å²) in [5.74, 6) is 1.65. The van der Waals surface area contributed by atoms with Crippen LogP contribution in [0.4, 0.5) is 0 Å². The van der Waals surface area contributed by atoms with Gasteiger partial charge in [0.25, 0.3) is 0 Å². The summed E-state index contributed by atoms with van der Waals surface area (Å²) in [5.41, 5.74) is 1.10. The molecule has 0 amide bonds. The van der Waals surface area contributed by atoms with Crippen LogP contribution in [0.15, 0.2) is 22.8 Å². The van der Waals surface area contributed by atoms with Gasteiger partial charge in [-0.05, 0) is 50.9 Å². The summed E-state index contributed by atoms with van der Waals surface area (Å²) in [7, 11) is -3.50. The van der Waals surface area contributed by atoms with Crippen molar-refractivity contribution in [3.8, 4) is 0 Å². The maximum Gasteiger partial charge on any atom is 0.530 e. The summed E-state index contributed by atoms with van der Waals surface area (Å²) in [4.78, 5) is 0. The standard InChI is InChI=1S/C14H25O4PS/c1-4-11-20-12-14(13-9-7-8-10-13)18-19(15,16-5-2)17-6-3/h9,12H,4-8,10-11H2,1-3H3/b14-12-. The average molecular weight is 320 g/mol. The summed E-state index contributed by atoms with van der Waals surface area (Å²) in [5, 5.41) is 1.94. The van der Waals surface area contributed by atoms with Gasteiger partial charge in [-0.2, -0.15) is 0 Å². The molecular weight excluding hydrogens is 295 g/mol. The van der Waals surface area contributed by atoms with Crippen molar-refractivity contribution >= 4 is 19.6 Å². The first-order valence-corrected chi connectivity index (χ1v) is 9.76. The van der Waals surface area contributed by atoms with Crippen LogP contribution in [-0.4, -0.2) is 19.0 Å². The third-order valence-electron chi connectivity index (χ3n) is 2.65. The van der Waals surface area contributed by atoms with Gasteiger partial charge >= 0.3 is 7.82 Å². The van der Waals surface area contributed by atoms with Crippen LogP contribution >= 0.6 is 19.6 Å². The molecular formula is C14H25O4PS. The number of phosphoric acid groups is 1. The van der Waals surface area contributed by atoms with Crippen molar-refractivity contribution in [1.82, 2.24) is 0 Å². The Kier molecular flexibility index (Phi) is 8.62. The quantitative estimate of drug-likeness (QED) is 0.311. The predicted molar refractivity (Wildman–Crippen MR) is 84.7 cm³/mol. The second-order valence-corrected chi connectivity index (χ2v) is 6.92. The van der Waals surface area contributed by atoms with E-state index >= 15 is 0 Å². The second-order valence-electron chi connectivity index (χ2n) is 4.35. The summed E-state index contributed by atoms with van der Waals surface area (Å²) in [6.07, 6.45) is 6.34. The molecule has 0 saturated heterocycles. The summed E-state index contributed by atoms with van der Waals surface area (Å²) in [6, 6.07) is 0. The van der Waals surface area contributed by atoms with Crippen molar-refractivity contribution in [3.63, 3.8) is 0 Å². The number of phosphoric ester groups is 1. The molecule has 0 aromatic carbocycles. The Hall–Kier alpha value is -0.220. The SMILES string of the molecule is CCCS/C=C(\OP(=O)(OCC)OCC)C1=CCCC1. The van der Waals surface area contributed by atoms with E-state index in [1.807, 2.05) is 5.41 Å². The molecule has 0 spiro atoms. The fourth-order valence-electron chi connectivity index (χ4n) is 1.83. The van der Waals surface area contributed by atoms with Crippen LogP contribution in [-0.2, 0) is 18.1 Å². The van der Waals surface area contributed by atoms with Crippen molar-refractivity contribution in [2.45, 2.75) is 46.5 Å². The number of allylic oxidation sites excluding steroid dienone is 2. The van der Waals surface area contributed by atoms with Gasteiger partial charge < -0.3 is 4.52 Å². The van der Waals surface area contributed by atoms with Gasteiger partial charge in [-0.25, -0.2) is 4.57 Å². The fraction of sp³-hybridized carbons (Fsp3) is 0.714. The van der Waals surface area contributed by atoms with Gasteiger partial charge in [0.15, 0.2) is 0 Å². The molecule has 0 atom stereocenters. The number of hydrogen-bond acceptors (Lipinski definition) is 5. The normalized spacial score (nSPS) is 16.4. The summed E-state index contributed by atoms with van der Waals surface area (Å²) in [6.45, 7) is 6.27. The van der Waals surface area contributed by atoms with Gasteiger partial charge in [-0.3, -0.25) is 9.05 Å². The summed E-state index contributed by atoms with van der Waals surface area (Å²) < 4.78 is 28.5. The largest absolute Gasteiger partial charge is 0.530 e. The monoisotopic (exact) mass is 320 g/mol. The van der Waals surface area contributed by atoms with E-state index in [1.54, 1.807) is 25.6 Å².